The molecule has 0 aliphatic rings. The molecule has 1 N–H and O–H groups in total. The summed E-state index contributed by atoms with van der Waals surface area (Å²) in [4.78, 5) is 11.8. The van der Waals surface area contributed by atoms with Crippen LogP contribution in [-0.2, 0) is 11.0 Å². The highest BCUT2D eigenvalue weighted by molar-refractivity contribution is 6.30. The number of alkyl halides is 3. The van der Waals surface area contributed by atoms with E-state index in [1.807, 2.05) is 6.07 Å². The van der Waals surface area contributed by atoms with Gasteiger partial charge in [-0.1, -0.05) is 11.6 Å². The lowest BCUT2D eigenvalue weighted by molar-refractivity contribution is -0.137. The second kappa shape index (κ2) is 7.23. The van der Waals surface area contributed by atoms with Crippen LogP contribution in [-0.4, -0.2) is 12.5 Å². The normalized spacial score (nSPS) is 10.8. The Balaban J connectivity index is 2.03. The van der Waals surface area contributed by atoms with Gasteiger partial charge in [0.25, 0.3) is 5.91 Å². The van der Waals surface area contributed by atoms with E-state index in [1.165, 1.54) is 30.3 Å². The molecule has 24 heavy (non-hydrogen) atoms. The Morgan fingerprint density at radius 1 is 1.21 bits per heavy atom. The van der Waals surface area contributed by atoms with Crippen molar-refractivity contribution in [2.75, 3.05) is 11.9 Å². The molecule has 4 nitrogen and oxygen atoms in total. The van der Waals surface area contributed by atoms with Crippen molar-refractivity contribution >= 4 is 23.2 Å². The molecule has 0 fully saturated rings. The minimum absolute atomic E-state index is 0.0887. The van der Waals surface area contributed by atoms with Gasteiger partial charge in [0, 0.05) is 5.02 Å². The van der Waals surface area contributed by atoms with Gasteiger partial charge >= 0.3 is 6.18 Å². The van der Waals surface area contributed by atoms with Crippen LogP contribution in [0.3, 0.4) is 0 Å². The predicted octanol–water partition coefficient (Wildman–Crippen LogP) is 4.25. The molecular weight excluding hydrogens is 345 g/mol. The van der Waals surface area contributed by atoms with Crippen molar-refractivity contribution in [1.82, 2.24) is 0 Å². The van der Waals surface area contributed by atoms with E-state index < -0.39 is 29.9 Å². The Labute approximate surface area is 140 Å². The zero-order valence-corrected chi connectivity index (χ0v) is 12.8. The fraction of sp³-hybridized carbons (Fsp3) is 0.125. The van der Waals surface area contributed by atoms with Crippen molar-refractivity contribution in [3.05, 3.63) is 58.6 Å². The molecule has 0 spiro atoms. The number of hydrogen-bond donors (Lipinski definition) is 1. The number of carbonyl (C=O) groups excluding carboxylic acids is 1. The molecule has 0 heterocycles. The second-order valence-electron chi connectivity index (χ2n) is 4.66. The third-order valence-electron chi connectivity index (χ3n) is 2.91. The predicted molar refractivity (Wildman–Crippen MR) is 81.7 cm³/mol. The summed E-state index contributed by atoms with van der Waals surface area (Å²) in [7, 11) is 0. The molecule has 2 aromatic rings. The van der Waals surface area contributed by atoms with Gasteiger partial charge in [-0.15, -0.1) is 0 Å². The fourth-order valence-corrected chi connectivity index (χ4v) is 1.99. The average Bonchev–Trinajstić information content (AvgIpc) is 2.54. The molecular formula is C16H10ClF3N2O2. The van der Waals surface area contributed by atoms with Gasteiger partial charge in [-0.05, 0) is 42.5 Å². The van der Waals surface area contributed by atoms with Gasteiger partial charge < -0.3 is 10.1 Å². The van der Waals surface area contributed by atoms with Gasteiger partial charge in [-0.25, -0.2) is 0 Å². The standard InChI is InChI=1S/C16H10ClF3N2O2/c17-11-3-6-14(13(7-11)16(18,19)20)22-15(23)9-24-12-4-1-10(8-21)2-5-12/h1-7H,9H2,(H,22,23). The molecule has 0 saturated carbocycles. The first-order valence-corrected chi connectivity index (χ1v) is 6.97. The fourth-order valence-electron chi connectivity index (χ4n) is 1.82. The topological polar surface area (TPSA) is 62.1 Å². The van der Waals surface area contributed by atoms with Crippen LogP contribution < -0.4 is 10.1 Å². The van der Waals surface area contributed by atoms with Crippen LogP contribution >= 0.6 is 11.6 Å². The number of anilines is 1. The van der Waals surface area contributed by atoms with E-state index in [0.29, 0.717) is 11.3 Å². The summed E-state index contributed by atoms with van der Waals surface area (Å²) in [6.07, 6.45) is -4.65. The van der Waals surface area contributed by atoms with Crippen LogP contribution in [0.25, 0.3) is 0 Å². The second-order valence-corrected chi connectivity index (χ2v) is 5.10. The quantitative estimate of drug-likeness (QED) is 0.892. The molecule has 0 aromatic heterocycles. The van der Waals surface area contributed by atoms with Crippen molar-refractivity contribution in [3.8, 4) is 11.8 Å². The molecule has 0 bridgehead atoms. The van der Waals surface area contributed by atoms with Crippen molar-refractivity contribution in [3.63, 3.8) is 0 Å². The van der Waals surface area contributed by atoms with Crippen LogP contribution in [0.15, 0.2) is 42.5 Å². The van der Waals surface area contributed by atoms with Crippen LogP contribution in [0.1, 0.15) is 11.1 Å². The highest BCUT2D eigenvalue weighted by Crippen LogP contribution is 2.36. The van der Waals surface area contributed by atoms with Crippen molar-refractivity contribution in [2.45, 2.75) is 6.18 Å². The van der Waals surface area contributed by atoms with Crippen LogP contribution in [0, 0.1) is 11.3 Å². The van der Waals surface area contributed by atoms with Gasteiger partial charge in [0.2, 0.25) is 0 Å². The van der Waals surface area contributed by atoms with Crippen molar-refractivity contribution < 1.29 is 22.7 Å². The highest BCUT2D eigenvalue weighted by atomic mass is 35.5. The van der Waals surface area contributed by atoms with Crippen LogP contribution in [0.5, 0.6) is 5.75 Å². The Hall–Kier alpha value is -2.72. The van der Waals surface area contributed by atoms with Gasteiger partial charge in [0.15, 0.2) is 6.61 Å². The van der Waals surface area contributed by atoms with Gasteiger partial charge in [0.05, 0.1) is 22.9 Å². The summed E-state index contributed by atoms with van der Waals surface area (Å²) in [6.45, 7) is -0.480. The van der Waals surface area contributed by atoms with E-state index in [4.69, 9.17) is 21.6 Å². The molecule has 0 unspecified atom stereocenters. The number of rotatable bonds is 4. The SMILES string of the molecule is N#Cc1ccc(OCC(=O)Nc2ccc(Cl)cc2C(F)(F)F)cc1. The lowest BCUT2D eigenvalue weighted by Gasteiger charge is -2.14. The maximum absolute atomic E-state index is 12.9. The molecule has 2 rings (SSSR count). The Bertz CT molecular complexity index is 783. The van der Waals surface area contributed by atoms with E-state index in [0.717, 1.165) is 12.1 Å². The number of hydrogen-bond acceptors (Lipinski definition) is 3. The first-order valence-electron chi connectivity index (χ1n) is 6.59. The molecule has 0 aliphatic heterocycles. The van der Waals surface area contributed by atoms with Gasteiger partial charge in [-0.2, -0.15) is 18.4 Å². The van der Waals surface area contributed by atoms with Crippen LogP contribution in [0.4, 0.5) is 18.9 Å². The zero-order chi connectivity index (χ0) is 17.7. The number of amides is 1. The molecule has 0 aliphatic carbocycles. The van der Waals surface area contributed by atoms with E-state index in [9.17, 15) is 18.0 Å². The molecule has 0 saturated heterocycles. The maximum atomic E-state index is 12.9. The molecule has 2 aromatic carbocycles. The minimum Gasteiger partial charge on any atom is -0.484 e. The van der Waals surface area contributed by atoms with Crippen molar-refractivity contribution in [2.24, 2.45) is 0 Å². The molecule has 0 atom stereocenters. The molecule has 0 radical (unpaired) electrons. The minimum atomic E-state index is -4.65. The summed E-state index contributed by atoms with van der Waals surface area (Å²) in [5, 5.41) is 10.7. The molecule has 1 amide bonds. The maximum Gasteiger partial charge on any atom is 0.418 e. The van der Waals surface area contributed by atoms with Crippen LogP contribution in [0.2, 0.25) is 5.02 Å². The van der Waals surface area contributed by atoms with E-state index in [2.05, 4.69) is 5.32 Å². The number of nitriles is 1. The summed E-state index contributed by atoms with van der Waals surface area (Å²) < 4.78 is 44.0. The number of carbonyl (C=O) groups is 1. The summed E-state index contributed by atoms with van der Waals surface area (Å²) in [5.74, 6) is -0.441. The Morgan fingerprint density at radius 3 is 2.46 bits per heavy atom. The Morgan fingerprint density at radius 2 is 1.88 bits per heavy atom. The number of benzene rings is 2. The van der Waals surface area contributed by atoms with E-state index >= 15 is 0 Å². The third kappa shape index (κ3) is 4.64. The zero-order valence-electron chi connectivity index (χ0n) is 12.0. The number of nitrogens with one attached hydrogen (secondary N) is 1. The summed E-state index contributed by atoms with van der Waals surface area (Å²) >= 11 is 5.57. The van der Waals surface area contributed by atoms with Gasteiger partial charge in [-0.3, -0.25) is 4.79 Å². The third-order valence-corrected chi connectivity index (χ3v) is 3.15. The summed E-state index contributed by atoms with van der Waals surface area (Å²) in [5.41, 5.74) is -1.02. The van der Waals surface area contributed by atoms with Gasteiger partial charge in [0.1, 0.15) is 5.75 Å². The van der Waals surface area contributed by atoms with Crippen molar-refractivity contribution in [1.29, 1.82) is 5.26 Å². The lowest BCUT2D eigenvalue weighted by atomic mass is 10.1. The average molecular weight is 355 g/mol. The highest BCUT2D eigenvalue weighted by Gasteiger charge is 2.34. The van der Waals surface area contributed by atoms with E-state index in [1.54, 1.807) is 0 Å². The monoisotopic (exact) mass is 354 g/mol. The van der Waals surface area contributed by atoms with E-state index in [-0.39, 0.29) is 5.02 Å². The number of ether oxygens (including phenoxy) is 1. The molecule has 124 valence electrons. The first kappa shape index (κ1) is 17.6. The first-order chi connectivity index (χ1) is 11.3. The Kier molecular flexibility index (Phi) is 5.31. The largest absolute Gasteiger partial charge is 0.484 e. The lowest BCUT2D eigenvalue weighted by Crippen LogP contribution is -2.22. The number of halogens is 4. The summed E-state index contributed by atoms with van der Waals surface area (Å²) in [6, 6.07) is 10.9. The number of nitrogens with zero attached hydrogens (tertiary/aromatic N) is 1. The molecule has 8 heteroatoms. The smallest absolute Gasteiger partial charge is 0.418 e.